The molecule has 0 radical (unpaired) electrons. The quantitative estimate of drug-likeness (QED) is 0.584. The third-order valence-corrected chi connectivity index (χ3v) is 5.04. The summed E-state index contributed by atoms with van der Waals surface area (Å²) in [6.45, 7) is 0.432. The van der Waals surface area contributed by atoms with Crippen molar-refractivity contribution in [2.75, 3.05) is 20.4 Å². The smallest absolute Gasteiger partial charge is 0.274 e. The van der Waals surface area contributed by atoms with Gasteiger partial charge in [-0.05, 0) is 36.6 Å². The fraction of sp³-hybridized carbons (Fsp3) is 0.222. The molecule has 0 unspecified atom stereocenters. The highest BCUT2D eigenvalue weighted by Gasteiger charge is 2.21. The number of ether oxygens (including phenoxy) is 1. The zero-order chi connectivity index (χ0) is 18.0. The van der Waals surface area contributed by atoms with E-state index in [1.165, 1.54) is 11.8 Å². The largest absolute Gasteiger partial charge is 0.496 e. The van der Waals surface area contributed by atoms with Crippen LogP contribution < -0.4 is 4.74 Å². The maximum absolute atomic E-state index is 13.0. The monoisotopic (exact) mass is 419 g/mol. The molecule has 0 aliphatic carbocycles. The molecule has 0 aliphatic rings. The zero-order valence-corrected chi connectivity index (χ0v) is 16.6. The van der Waals surface area contributed by atoms with Gasteiger partial charge >= 0.3 is 0 Å². The maximum Gasteiger partial charge on any atom is 0.274 e. The van der Waals surface area contributed by atoms with Crippen LogP contribution in [-0.2, 0) is 6.54 Å². The van der Waals surface area contributed by atoms with Gasteiger partial charge in [0, 0.05) is 29.8 Å². The lowest BCUT2D eigenvalue weighted by molar-refractivity contribution is 0.0780. The lowest BCUT2D eigenvalue weighted by atomic mass is 10.2. The summed E-state index contributed by atoms with van der Waals surface area (Å²) in [6, 6.07) is 11.5. The topological polar surface area (TPSA) is 46.8 Å². The number of benzene rings is 1. The third-order valence-electron chi connectivity index (χ3n) is 3.90. The van der Waals surface area contributed by atoms with E-state index in [2.05, 4.69) is 20.9 Å². The van der Waals surface area contributed by atoms with E-state index in [-0.39, 0.29) is 5.91 Å². The average Bonchev–Trinajstić information content (AvgIpc) is 3.00. The SMILES string of the molecule is COc1ccc(Br)cc1CN(C)C(=O)c1nc(SC)n2ccccc12. The van der Waals surface area contributed by atoms with Crippen molar-refractivity contribution in [2.24, 2.45) is 0 Å². The van der Waals surface area contributed by atoms with Gasteiger partial charge in [0.25, 0.3) is 5.91 Å². The van der Waals surface area contributed by atoms with E-state index in [4.69, 9.17) is 4.74 Å². The van der Waals surface area contributed by atoms with Crippen LogP contribution in [0.25, 0.3) is 5.52 Å². The molecule has 5 nitrogen and oxygen atoms in total. The summed E-state index contributed by atoms with van der Waals surface area (Å²) < 4.78 is 8.28. The molecular weight excluding hydrogens is 402 g/mol. The van der Waals surface area contributed by atoms with Crippen LogP contribution in [0.4, 0.5) is 0 Å². The molecule has 0 saturated carbocycles. The van der Waals surface area contributed by atoms with E-state index in [9.17, 15) is 4.79 Å². The van der Waals surface area contributed by atoms with E-state index in [0.29, 0.717) is 12.2 Å². The lowest BCUT2D eigenvalue weighted by Gasteiger charge is -2.18. The second kappa shape index (κ2) is 7.49. The number of rotatable bonds is 5. The Morgan fingerprint density at radius 3 is 2.88 bits per heavy atom. The fourth-order valence-electron chi connectivity index (χ4n) is 2.69. The summed E-state index contributed by atoms with van der Waals surface area (Å²) in [5.41, 5.74) is 2.20. The van der Waals surface area contributed by atoms with Crippen LogP contribution >= 0.6 is 27.7 Å². The average molecular weight is 420 g/mol. The molecule has 0 spiro atoms. The minimum Gasteiger partial charge on any atom is -0.496 e. The van der Waals surface area contributed by atoms with Crippen molar-refractivity contribution in [2.45, 2.75) is 11.7 Å². The minimum atomic E-state index is -0.119. The summed E-state index contributed by atoms with van der Waals surface area (Å²) in [7, 11) is 3.40. The Labute approximate surface area is 159 Å². The van der Waals surface area contributed by atoms with E-state index in [0.717, 1.165) is 26.5 Å². The fourth-order valence-corrected chi connectivity index (χ4v) is 3.64. The van der Waals surface area contributed by atoms with Crippen molar-refractivity contribution < 1.29 is 9.53 Å². The summed E-state index contributed by atoms with van der Waals surface area (Å²) in [5.74, 6) is 0.633. The van der Waals surface area contributed by atoms with E-state index >= 15 is 0 Å². The highest BCUT2D eigenvalue weighted by molar-refractivity contribution is 9.10. The van der Waals surface area contributed by atoms with Crippen LogP contribution in [0.3, 0.4) is 0 Å². The summed E-state index contributed by atoms with van der Waals surface area (Å²) >= 11 is 4.98. The number of nitrogens with zero attached hydrogens (tertiary/aromatic N) is 3. The van der Waals surface area contributed by atoms with E-state index in [1.54, 1.807) is 19.1 Å². The number of pyridine rings is 1. The predicted octanol–water partition coefficient (Wildman–Crippen LogP) is 4.10. The van der Waals surface area contributed by atoms with Gasteiger partial charge in [-0.1, -0.05) is 33.8 Å². The molecule has 2 aromatic heterocycles. The van der Waals surface area contributed by atoms with Crippen molar-refractivity contribution in [3.8, 4) is 5.75 Å². The molecule has 25 heavy (non-hydrogen) atoms. The Hall–Kier alpha value is -1.99. The van der Waals surface area contributed by atoms with Crippen LogP contribution in [0.15, 0.2) is 52.2 Å². The summed E-state index contributed by atoms with van der Waals surface area (Å²) in [4.78, 5) is 19.1. The molecule has 0 saturated heterocycles. The molecule has 0 fully saturated rings. The number of carbonyl (C=O) groups is 1. The Morgan fingerprint density at radius 2 is 2.16 bits per heavy atom. The Balaban J connectivity index is 1.92. The number of aromatic nitrogens is 2. The van der Waals surface area contributed by atoms with Gasteiger partial charge in [0.2, 0.25) is 0 Å². The van der Waals surface area contributed by atoms with E-state index in [1.807, 2.05) is 53.3 Å². The van der Waals surface area contributed by atoms with Crippen LogP contribution in [0.2, 0.25) is 0 Å². The molecule has 130 valence electrons. The summed E-state index contributed by atoms with van der Waals surface area (Å²) in [6.07, 6.45) is 3.87. The Morgan fingerprint density at radius 1 is 1.36 bits per heavy atom. The number of amides is 1. The molecule has 1 amide bonds. The highest BCUT2D eigenvalue weighted by Crippen LogP contribution is 2.25. The molecule has 2 heterocycles. The molecule has 0 aliphatic heterocycles. The number of methoxy groups -OCH3 is 1. The van der Waals surface area contributed by atoms with Crippen molar-refractivity contribution in [3.63, 3.8) is 0 Å². The van der Waals surface area contributed by atoms with Crippen LogP contribution in [0.1, 0.15) is 16.1 Å². The van der Waals surface area contributed by atoms with Gasteiger partial charge in [-0.25, -0.2) is 4.98 Å². The maximum atomic E-state index is 13.0. The zero-order valence-electron chi connectivity index (χ0n) is 14.2. The Kier molecular flexibility index (Phi) is 5.34. The van der Waals surface area contributed by atoms with Gasteiger partial charge in [0.1, 0.15) is 5.75 Å². The van der Waals surface area contributed by atoms with Crippen LogP contribution in [-0.4, -0.2) is 40.6 Å². The normalized spacial score (nSPS) is 10.9. The number of imidazole rings is 1. The highest BCUT2D eigenvalue weighted by atomic mass is 79.9. The van der Waals surface area contributed by atoms with Gasteiger partial charge < -0.3 is 9.64 Å². The first-order chi connectivity index (χ1) is 12.0. The van der Waals surface area contributed by atoms with Crippen LogP contribution in [0, 0.1) is 0 Å². The minimum absolute atomic E-state index is 0.119. The number of halogens is 1. The molecule has 0 atom stereocenters. The van der Waals surface area contributed by atoms with Crippen molar-refractivity contribution in [3.05, 3.63) is 58.3 Å². The van der Waals surface area contributed by atoms with Gasteiger partial charge in [0.05, 0.1) is 12.6 Å². The van der Waals surface area contributed by atoms with Crippen molar-refractivity contribution >= 4 is 39.1 Å². The molecule has 0 N–H and O–H groups in total. The van der Waals surface area contributed by atoms with Crippen molar-refractivity contribution in [1.82, 2.24) is 14.3 Å². The van der Waals surface area contributed by atoms with Gasteiger partial charge in [-0.2, -0.15) is 0 Å². The molecule has 3 aromatic rings. The predicted molar refractivity (Wildman–Crippen MR) is 103 cm³/mol. The number of hydrogen-bond acceptors (Lipinski definition) is 4. The van der Waals surface area contributed by atoms with Crippen molar-refractivity contribution in [1.29, 1.82) is 0 Å². The number of fused-ring (bicyclic) bond motifs is 1. The molecule has 0 bridgehead atoms. The van der Waals surface area contributed by atoms with Gasteiger partial charge in [-0.3, -0.25) is 9.20 Å². The first kappa shape index (κ1) is 17.8. The van der Waals surface area contributed by atoms with Gasteiger partial charge in [-0.15, -0.1) is 0 Å². The first-order valence-electron chi connectivity index (χ1n) is 7.64. The number of thioether (sulfide) groups is 1. The molecule has 1 aromatic carbocycles. The Bertz CT molecular complexity index is 926. The van der Waals surface area contributed by atoms with Gasteiger partial charge in [0.15, 0.2) is 10.9 Å². The second-order valence-corrected chi connectivity index (χ2v) is 7.21. The number of carbonyl (C=O) groups excluding carboxylic acids is 1. The lowest BCUT2D eigenvalue weighted by Crippen LogP contribution is -2.27. The van der Waals surface area contributed by atoms with Crippen LogP contribution in [0.5, 0.6) is 5.75 Å². The molecular formula is C18H18BrN3O2S. The summed E-state index contributed by atoms with van der Waals surface area (Å²) in [5, 5.41) is 0.799. The molecule has 7 heteroatoms. The third kappa shape index (κ3) is 3.52. The first-order valence-corrected chi connectivity index (χ1v) is 9.66. The van der Waals surface area contributed by atoms with E-state index < -0.39 is 0 Å². The standard InChI is InChI=1S/C18H18BrN3O2S/c1-21(11-12-10-13(19)7-8-15(12)24-2)17(23)16-14-6-4-5-9-22(14)18(20-16)25-3/h4-10H,11H2,1-3H3. The number of hydrogen-bond donors (Lipinski definition) is 0. The second-order valence-electron chi connectivity index (χ2n) is 5.52. The molecule has 3 rings (SSSR count).